The lowest BCUT2D eigenvalue weighted by atomic mass is 9.94. The lowest BCUT2D eigenvalue weighted by Crippen LogP contribution is -2.40. The van der Waals surface area contributed by atoms with Gasteiger partial charge in [-0.15, -0.1) is 0 Å². The molecule has 2 heterocycles. The molecule has 4 rings (SSSR count). The molecule has 0 N–H and O–H groups in total. The number of aromatic nitrogens is 2. The average molecular weight is 346 g/mol. The van der Waals surface area contributed by atoms with Crippen molar-refractivity contribution in [2.75, 3.05) is 13.1 Å². The molecule has 1 unspecified atom stereocenters. The number of likely N-dealkylation sites (tertiary alicyclic amines) is 1. The fourth-order valence-corrected chi connectivity index (χ4v) is 3.52. The van der Waals surface area contributed by atoms with E-state index in [9.17, 15) is 4.79 Å². The zero-order valence-corrected chi connectivity index (χ0v) is 14.2. The van der Waals surface area contributed by atoms with Crippen LogP contribution in [0.1, 0.15) is 53.7 Å². The van der Waals surface area contributed by atoms with Crippen molar-refractivity contribution in [3.8, 4) is 0 Å². The van der Waals surface area contributed by atoms with Gasteiger partial charge < -0.3 is 9.42 Å². The highest BCUT2D eigenvalue weighted by Crippen LogP contribution is 2.38. The Morgan fingerprint density at radius 2 is 2.21 bits per heavy atom. The van der Waals surface area contributed by atoms with Gasteiger partial charge in [-0.1, -0.05) is 22.8 Å². The van der Waals surface area contributed by atoms with Gasteiger partial charge in [-0.3, -0.25) is 4.79 Å². The topological polar surface area (TPSA) is 59.2 Å². The van der Waals surface area contributed by atoms with Crippen LogP contribution >= 0.6 is 11.6 Å². The van der Waals surface area contributed by atoms with Gasteiger partial charge in [0.25, 0.3) is 5.91 Å². The molecular formula is C18H20ClN3O2. The minimum atomic E-state index is 0.0476. The molecule has 0 spiro atoms. The Bertz CT molecular complexity index is 741. The fraction of sp³-hybridized carbons (Fsp3) is 0.500. The molecule has 1 aromatic carbocycles. The third-order valence-electron chi connectivity index (χ3n) is 4.77. The van der Waals surface area contributed by atoms with E-state index >= 15 is 0 Å². The Morgan fingerprint density at radius 3 is 3.00 bits per heavy atom. The predicted molar refractivity (Wildman–Crippen MR) is 90.1 cm³/mol. The van der Waals surface area contributed by atoms with E-state index in [0.29, 0.717) is 28.3 Å². The van der Waals surface area contributed by atoms with Crippen molar-refractivity contribution in [1.29, 1.82) is 0 Å². The first-order valence-corrected chi connectivity index (χ1v) is 8.94. The first-order chi connectivity index (χ1) is 11.7. The summed E-state index contributed by atoms with van der Waals surface area (Å²) in [4.78, 5) is 19.1. The Labute approximate surface area is 146 Å². The van der Waals surface area contributed by atoms with Gasteiger partial charge in [0, 0.05) is 36.0 Å². The summed E-state index contributed by atoms with van der Waals surface area (Å²) in [6, 6.07) is 7.14. The molecular weight excluding hydrogens is 326 g/mol. The Hall–Kier alpha value is -1.88. The molecule has 2 aromatic rings. The summed E-state index contributed by atoms with van der Waals surface area (Å²) >= 11 is 6.00. The van der Waals surface area contributed by atoms with E-state index in [2.05, 4.69) is 10.1 Å². The first kappa shape index (κ1) is 15.6. The number of carbonyl (C=O) groups excluding carboxylic acids is 1. The standard InChI is InChI=1S/C18H20ClN3O2/c19-15-5-1-4-14(10-15)18(23)22-8-2-3-12(11-22)9-16-20-17(21-24-16)13-6-7-13/h1,4-5,10,12-13H,2-3,6-9,11H2. The highest BCUT2D eigenvalue weighted by molar-refractivity contribution is 6.30. The zero-order chi connectivity index (χ0) is 16.5. The van der Waals surface area contributed by atoms with Crippen LogP contribution in [0, 0.1) is 5.92 Å². The van der Waals surface area contributed by atoms with Gasteiger partial charge in [-0.25, -0.2) is 0 Å². The van der Waals surface area contributed by atoms with E-state index in [-0.39, 0.29) is 5.91 Å². The van der Waals surface area contributed by atoms with Crippen molar-refractivity contribution >= 4 is 17.5 Å². The summed E-state index contributed by atoms with van der Waals surface area (Å²) in [7, 11) is 0. The molecule has 1 saturated heterocycles. The maximum Gasteiger partial charge on any atom is 0.253 e. The van der Waals surface area contributed by atoms with Gasteiger partial charge in [0.2, 0.25) is 5.89 Å². The normalized spacial score (nSPS) is 21.0. The number of hydrogen-bond acceptors (Lipinski definition) is 4. The van der Waals surface area contributed by atoms with Crippen molar-refractivity contribution in [1.82, 2.24) is 15.0 Å². The summed E-state index contributed by atoms with van der Waals surface area (Å²) in [5.74, 6) is 2.49. The van der Waals surface area contributed by atoms with Crippen LogP contribution in [0.5, 0.6) is 0 Å². The minimum Gasteiger partial charge on any atom is -0.339 e. The number of piperidine rings is 1. The lowest BCUT2D eigenvalue weighted by molar-refractivity contribution is 0.0668. The second kappa shape index (κ2) is 6.55. The van der Waals surface area contributed by atoms with Crippen molar-refractivity contribution in [2.45, 2.75) is 38.0 Å². The second-order valence-electron chi connectivity index (χ2n) is 6.79. The van der Waals surface area contributed by atoms with E-state index in [4.69, 9.17) is 16.1 Å². The largest absolute Gasteiger partial charge is 0.339 e. The number of carbonyl (C=O) groups is 1. The predicted octanol–water partition coefficient (Wildman–Crippen LogP) is 3.70. The third-order valence-corrected chi connectivity index (χ3v) is 5.00. The number of amides is 1. The van der Waals surface area contributed by atoms with Crippen LogP contribution < -0.4 is 0 Å². The summed E-state index contributed by atoms with van der Waals surface area (Å²) in [5.41, 5.74) is 0.650. The molecule has 24 heavy (non-hydrogen) atoms. The summed E-state index contributed by atoms with van der Waals surface area (Å²) in [5, 5.41) is 4.66. The van der Waals surface area contributed by atoms with E-state index in [1.807, 2.05) is 17.0 Å². The van der Waals surface area contributed by atoms with Crippen molar-refractivity contribution < 1.29 is 9.32 Å². The van der Waals surface area contributed by atoms with E-state index in [1.165, 1.54) is 12.8 Å². The molecule has 1 atom stereocenters. The second-order valence-corrected chi connectivity index (χ2v) is 7.23. The van der Waals surface area contributed by atoms with Gasteiger partial charge in [-0.2, -0.15) is 4.98 Å². The van der Waals surface area contributed by atoms with Crippen LogP contribution in [0.15, 0.2) is 28.8 Å². The smallest absolute Gasteiger partial charge is 0.253 e. The summed E-state index contributed by atoms with van der Waals surface area (Å²) < 4.78 is 5.38. The minimum absolute atomic E-state index is 0.0476. The Balaban J connectivity index is 1.40. The molecule has 0 radical (unpaired) electrons. The van der Waals surface area contributed by atoms with E-state index < -0.39 is 0 Å². The maximum atomic E-state index is 12.7. The molecule has 1 saturated carbocycles. The zero-order valence-electron chi connectivity index (χ0n) is 13.4. The van der Waals surface area contributed by atoms with Crippen LogP contribution in [0.4, 0.5) is 0 Å². The van der Waals surface area contributed by atoms with Crippen LogP contribution in [0.3, 0.4) is 0 Å². The quantitative estimate of drug-likeness (QED) is 0.847. The van der Waals surface area contributed by atoms with Gasteiger partial charge in [0.1, 0.15) is 0 Å². The van der Waals surface area contributed by atoms with Gasteiger partial charge in [-0.05, 0) is 49.8 Å². The molecule has 6 heteroatoms. The highest BCUT2D eigenvalue weighted by Gasteiger charge is 2.30. The molecule has 1 aromatic heterocycles. The van der Waals surface area contributed by atoms with Crippen molar-refractivity contribution in [2.24, 2.45) is 5.92 Å². The summed E-state index contributed by atoms with van der Waals surface area (Å²) in [6.45, 7) is 1.52. The number of benzene rings is 1. The molecule has 1 aliphatic heterocycles. The van der Waals surface area contributed by atoms with Crippen LogP contribution in [-0.2, 0) is 6.42 Å². The monoisotopic (exact) mass is 345 g/mol. The van der Waals surface area contributed by atoms with E-state index in [0.717, 1.165) is 38.2 Å². The number of halogens is 1. The number of hydrogen-bond donors (Lipinski definition) is 0. The molecule has 1 aliphatic carbocycles. The maximum absolute atomic E-state index is 12.7. The highest BCUT2D eigenvalue weighted by atomic mass is 35.5. The molecule has 126 valence electrons. The Kier molecular flexibility index (Phi) is 4.27. The van der Waals surface area contributed by atoms with Crippen molar-refractivity contribution in [3.05, 3.63) is 46.6 Å². The molecule has 0 bridgehead atoms. The third kappa shape index (κ3) is 3.46. The fourth-order valence-electron chi connectivity index (χ4n) is 3.33. The first-order valence-electron chi connectivity index (χ1n) is 8.56. The van der Waals surface area contributed by atoms with E-state index in [1.54, 1.807) is 12.1 Å². The Morgan fingerprint density at radius 1 is 1.33 bits per heavy atom. The van der Waals surface area contributed by atoms with Gasteiger partial charge in [0.05, 0.1) is 0 Å². The SMILES string of the molecule is O=C(c1cccc(Cl)c1)N1CCCC(Cc2nc(C3CC3)no2)C1. The molecule has 5 nitrogen and oxygen atoms in total. The number of rotatable bonds is 4. The molecule has 2 aliphatic rings. The molecule has 2 fully saturated rings. The number of nitrogens with zero attached hydrogens (tertiary/aromatic N) is 3. The van der Waals surface area contributed by atoms with Crippen LogP contribution in [0.25, 0.3) is 0 Å². The molecule has 1 amide bonds. The van der Waals surface area contributed by atoms with Gasteiger partial charge >= 0.3 is 0 Å². The van der Waals surface area contributed by atoms with Gasteiger partial charge in [0.15, 0.2) is 5.82 Å². The summed E-state index contributed by atoms with van der Waals surface area (Å²) in [6.07, 6.45) is 5.18. The lowest BCUT2D eigenvalue weighted by Gasteiger charge is -2.32. The average Bonchev–Trinajstić information content (AvgIpc) is 3.34. The van der Waals surface area contributed by atoms with Crippen molar-refractivity contribution in [3.63, 3.8) is 0 Å². The van der Waals surface area contributed by atoms with Crippen LogP contribution in [0.2, 0.25) is 5.02 Å². The van der Waals surface area contributed by atoms with Crippen LogP contribution in [-0.4, -0.2) is 34.0 Å².